The SMILES string of the molecule is CC[Si](CCCCc1ccc(C(F)(F)F)cc1)(OC)OC. The van der Waals surface area contributed by atoms with Crippen molar-refractivity contribution in [3.63, 3.8) is 0 Å². The zero-order chi connectivity index (χ0) is 15.9. The molecule has 0 spiro atoms. The van der Waals surface area contributed by atoms with Crippen LogP contribution in [0.25, 0.3) is 0 Å². The van der Waals surface area contributed by atoms with E-state index in [0.29, 0.717) is 0 Å². The van der Waals surface area contributed by atoms with E-state index in [-0.39, 0.29) is 0 Å². The average Bonchev–Trinajstić information content (AvgIpc) is 2.48. The fourth-order valence-electron chi connectivity index (χ4n) is 2.34. The van der Waals surface area contributed by atoms with Crippen molar-refractivity contribution in [2.24, 2.45) is 0 Å². The van der Waals surface area contributed by atoms with Gasteiger partial charge in [0.25, 0.3) is 0 Å². The predicted octanol–water partition coefficient (Wildman–Crippen LogP) is 4.78. The van der Waals surface area contributed by atoms with Crippen molar-refractivity contribution in [2.75, 3.05) is 14.2 Å². The van der Waals surface area contributed by atoms with Crippen LogP contribution in [0.1, 0.15) is 30.9 Å². The molecular formula is C15H23F3O2Si. The Bertz CT molecular complexity index is 406. The molecule has 0 unspecified atom stereocenters. The van der Waals surface area contributed by atoms with Gasteiger partial charge in [-0.2, -0.15) is 13.2 Å². The lowest BCUT2D eigenvalue weighted by Gasteiger charge is -2.25. The van der Waals surface area contributed by atoms with Gasteiger partial charge in [0.15, 0.2) is 0 Å². The third-order valence-corrected chi connectivity index (χ3v) is 7.52. The summed E-state index contributed by atoms with van der Waals surface area (Å²) < 4.78 is 48.4. The molecular weight excluding hydrogens is 297 g/mol. The minimum absolute atomic E-state index is 0.595. The van der Waals surface area contributed by atoms with Gasteiger partial charge in [-0.1, -0.05) is 25.5 Å². The van der Waals surface area contributed by atoms with E-state index < -0.39 is 20.3 Å². The Hall–Kier alpha value is -0.853. The predicted molar refractivity (Wildman–Crippen MR) is 79.4 cm³/mol. The monoisotopic (exact) mass is 320 g/mol. The molecule has 0 aliphatic rings. The lowest BCUT2D eigenvalue weighted by molar-refractivity contribution is -0.137. The summed E-state index contributed by atoms with van der Waals surface area (Å²) in [5, 5.41) is 0. The topological polar surface area (TPSA) is 18.5 Å². The number of hydrogen-bond acceptors (Lipinski definition) is 2. The Morgan fingerprint density at radius 2 is 1.57 bits per heavy atom. The first-order valence-electron chi connectivity index (χ1n) is 7.13. The molecule has 0 radical (unpaired) electrons. The summed E-state index contributed by atoms with van der Waals surface area (Å²) in [5.74, 6) is 0. The first kappa shape index (κ1) is 18.2. The molecule has 0 atom stereocenters. The van der Waals surface area contributed by atoms with Crippen molar-refractivity contribution in [2.45, 2.75) is 44.5 Å². The van der Waals surface area contributed by atoms with Gasteiger partial charge in [0.1, 0.15) is 0 Å². The van der Waals surface area contributed by atoms with Crippen molar-refractivity contribution >= 4 is 8.56 Å². The van der Waals surface area contributed by atoms with Gasteiger partial charge < -0.3 is 8.85 Å². The fourth-order valence-corrected chi connectivity index (χ4v) is 4.63. The zero-order valence-electron chi connectivity index (χ0n) is 12.8. The second-order valence-electron chi connectivity index (χ2n) is 5.07. The van der Waals surface area contributed by atoms with E-state index in [1.54, 1.807) is 26.4 Å². The van der Waals surface area contributed by atoms with E-state index >= 15 is 0 Å². The minimum atomic E-state index is -4.26. The molecule has 0 aliphatic heterocycles. The smallest absolute Gasteiger partial charge is 0.398 e. The van der Waals surface area contributed by atoms with E-state index in [9.17, 15) is 13.2 Å². The third kappa shape index (κ3) is 5.45. The summed E-state index contributed by atoms with van der Waals surface area (Å²) in [6.07, 6.45) is -1.60. The van der Waals surface area contributed by atoms with E-state index in [4.69, 9.17) is 8.85 Å². The van der Waals surface area contributed by atoms with Crippen LogP contribution >= 0.6 is 0 Å². The zero-order valence-corrected chi connectivity index (χ0v) is 13.8. The number of unbranched alkanes of at least 4 members (excludes halogenated alkanes) is 1. The number of aryl methyl sites for hydroxylation is 1. The Kier molecular flexibility index (Phi) is 6.90. The molecule has 0 saturated heterocycles. The molecule has 1 aromatic rings. The lowest BCUT2D eigenvalue weighted by atomic mass is 10.1. The molecule has 6 heteroatoms. The van der Waals surface area contributed by atoms with Crippen molar-refractivity contribution in [1.82, 2.24) is 0 Å². The van der Waals surface area contributed by atoms with Crippen LogP contribution in [0.15, 0.2) is 24.3 Å². The van der Waals surface area contributed by atoms with E-state index in [2.05, 4.69) is 6.92 Å². The maximum Gasteiger partial charge on any atom is 0.416 e. The van der Waals surface area contributed by atoms with Gasteiger partial charge >= 0.3 is 14.7 Å². The molecule has 0 N–H and O–H groups in total. The van der Waals surface area contributed by atoms with E-state index in [0.717, 1.165) is 49.0 Å². The van der Waals surface area contributed by atoms with Crippen molar-refractivity contribution in [3.05, 3.63) is 35.4 Å². The van der Waals surface area contributed by atoms with Gasteiger partial charge in [-0.25, -0.2) is 0 Å². The normalized spacial score (nSPS) is 12.7. The number of halogens is 3. The highest BCUT2D eigenvalue weighted by molar-refractivity contribution is 6.67. The summed E-state index contributed by atoms with van der Waals surface area (Å²) in [6.45, 7) is 2.06. The van der Waals surface area contributed by atoms with Crippen molar-refractivity contribution in [3.8, 4) is 0 Å². The number of rotatable bonds is 8. The summed E-state index contributed by atoms with van der Waals surface area (Å²) in [7, 11) is 1.34. The molecule has 1 rings (SSSR count). The van der Waals surface area contributed by atoms with Crippen LogP contribution in [0.3, 0.4) is 0 Å². The van der Waals surface area contributed by atoms with Crippen LogP contribution in [0, 0.1) is 0 Å². The molecule has 21 heavy (non-hydrogen) atoms. The molecule has 2 nitrogen and oxygen atoms in total. The highest BCUT2D eigenvalue weighted by Crippen LogP contribution is 2.29. The molecule has 0 bridgehead atoms. The molecule has 0 saturated carbocycles. The fraction of sp³-hybridized carbons (Fsp3) is 0.600. The molecule has 0 aliphatic carbocycles. The summed E-state index contributed by atoms with van der Waals surface area (Å²) >= 11 is 0. The number of hydrogen-bond donors (Lipinski definition) is 0. The van der Waals surface area contributed by atoms with Crippen LogP contribution < -0.4 is 0 Å². The largest absolute Gasteiger partial charge is 0.416 e. The Morgan fingerprint density at radius 3 is 2.00 bits per heavy atom. The van der Waals surface area contributed by atoms with Crippen LogP contribution in [0.5, 0.6) is 0 Å². The molecule has 120 valence electrons. The second kappa shape index (κ2) is 7.96. The Labute approximate surface area is 125 Å². The Morgan fingerprint density at radius 1 is 1.00 bits per heavy atom. The summed E-state index contributed by atoms with van der Waals surface area (Å²) in [4.78, 5) is 0. The Balaban J connectivity index is 2.43. The van der Waals surface area contributed by atoms with Crippen molar-refractivity contribution < 1.29 is 22.0 Å². The molecule has 0 aromatic heterocycles. The number of alkyl halides is 3. The number of benzene rings is 1. The van der Waals surface area contributed by atoms with Gasteiger partial charge in [-0.3, -0.25) is 0 Å². The van der Waals surface area contributed by atoms with Crippen LogP contribution in [-0.2, 0) is 21.4 Å². The second-order valence-corrected chi connectivity index (χ2v) is 8.92. The maximum absolute atomic E-state index is 12.5. The average molecular weight is 320 g/mol. The molecule has 0 fully saturated rings. The van der Waals surface area contributed by atoms with Crippen LogP contribution in [0.4, 0.5) is 13.2 Å². The summed E-state index contributed by atoms with van der Waals surface area (Å²) in [6, 6.07) is 7.22. The van der Waals surface area contributed by atoms with Crippen LogP contribution in [0.2, 0.25) is 12.1 Å². The highest BCUT2D eigenvalue weighted by Gasteiger charge is 2.32. The van der Waals surface area contributed by atoms with Crippen LogP contribution in [-0.4, -0.2) is 22.8 Å². The van der Waals surface area contributed by atoms with E-state index in [1.165, 1.54) is 0 Å². The maximum atomic E-state index is 12.5. The van der Waals surface area contributed by atoms with Gasteiger partial charge in [0.05, 0.1) is 5.56 Å². The lowest BCUT2D eigenvalue weighted by Crippen LogP contribution is -2.38. The first-order chi connectivity index (χ1) is 9.87. The van der Waals surface area contributed by atoms with Crippen molar-refractivity contribution in [1.29, 1.82) is 0 Å². The standard InChI is InChI=1S/C15H23F3O2Si/c1-4-21(19-2,20-3)12-6-5-7-13-8-10-14(11-9-13)15(16,17)18/h8-11H,4-7,12H2,1-3H3. The molecule has 0 heterocycles. The van der Waals surface area contributed by atoms with Gasteiger partial charge in [-0.15, -0.1) is 0 Å². The summed E-state index contributed by atoms with van der Waals surface area (Å²) in [5.41, 5.74) is 0.337. The van der Waals surface area contributed by atoms with Gasteiger partial charge in [-0.05, 0) is 42.6 Å². The quantitative estimate of drug-likeness (QED) is 0.507. The van der Waals surface area contributed by atoms with Gasteiger partial charge in [0.2, 0.25) is 0 Å². The minimum Gasteiger partial charge on any atom is -0.398 e. The molecule has 0 amide bonds. The van der Waals surface area contributed by atoms with E-state index in [1.807, 2.05) is 0 Å². The molecule has 1 aromatic carbocycles. The highest BCUT2D eigenvalue weighted by atomic mass is 28.4. The first-order valence-corrected chi connectivity index (χ1v) is 9.36. The van der Waals surface area contributed by atoms with Gasteiger partial charge in [0, 0.05) is 14.2 Å². The third-order valence-electron chi connectivity index (χ3n) is 3.84.